The molecule has 0 saturated carbocycles. The predicted octanol–water partition coefficient (Wildman–Crippen LogP) is 3.62. The van der Waals surface area contributed by atoms with E-state index in [4.69, 9.17) is 4.98 Å². The van der Waals surface area contributed by atoms with Crippen molar-refractivity contribution in [2.45, 2.75) is 45.6 Å². The van der Waals surface area contributed by atoms with Gasteiger partial charge in [-0.25, -0.2) is 4.98 Å². The molecular formula is C22H29N5O. The fourth-order valence-electron chi connectivity index (χ4n) is 3.94. The van der Waals surface area contributed by atoms with Gasteiger partial charge in [-0.15, -0.1) is 0 Å². The minimum Gasteiger partial charge on any atom is -0.366 e. The largest absolute Gasteiger partial charge is 0.366 e. The van der Waals surface area contributed by atoms with Crippen molar-refractivity contribution in [2.75, 3.05) is 36.4 Å². The number of carbonyl (C=O) groups is 1. The highest BCUT2D eigenvalue weighted by molar-refractivity contribution is 5.94. The Morgan fingerprint density at radius 3 is 2.36 bits per heavy atom. The third-order valence-electron chi connectivity index (χ3n) is 5.55. The monoisotopic (exact) mass is 379 g/mol. The Kier molecular flexibility index (Phi) is 5.74. The van der Waals surface area contributed by atoms with Gasteiger partial charge < -0.3 is 15.1 Å². The smallest absolute Gasteiger partial charge is 0.253 e. The fraction of sp³-hybridized carbons (Fsp3) is 0.500. The number of hydrogen-bond donors (Lipinski definition) is 1. The molecule has 6 heteroatoms. The minimum atomic E-state index is 0.148. The van der Waals surface area contributed by atoms with Gasteiger partial charge >= 0.3 is 0 Å². The second kappa shape index (κ2) is 8.59. The van der Waals surface area contributed by atoms with E-state index in [1.807, 2.05) is 42.2 Å². The van der Waals surface area contributed by atoms with Crippen LogP contribution in [0.25, 0.3) is 0 Å². The molecule has 0 spiro atoms. The molecule has 2 saturated heterocycles. The average Bonchev–Trinajstić information content (AvgIpc) is 3.27. The van der Waals surface area contributed by atoms with Crippen LogP contribution in [-0.4, -0.2) is 47.0 Å². The summed E-state index contributed by atoms with van der Waals surface area (Å²) in [7, 11) is 0. The molecule has 0 bridgehead atoms. The van der Waals surface area contributed by atoms with E-state index >= 15 is 0 Å². The number of aromatic nitrogens is 2. The lowest BCUT2D eigenvalue weighted by Gasteiger charge is -2.27. The Labute approximate surface area is 167 Å². The van der Waals surface area contributed by atoms with Crippen LogP contribution < -0.4 is 10.2 Å². The lowest BCUT2D eigenvalue weighted by Crippen LogP contribution is -2.31. The molecule has 3 heterocycles. The number of carbonyl (C=O) groups excluding carboxylic acids is 1. The summed E-state index contributed by atoms with van der Waals surface area (Å²) in [4.78, 5) is 26.0. The standard InChI is InChI=1S/C22H29N5O/c1-17-15-20(25-22(24-17)27-13-3-2-4-14-27)23-16-18-7-9-19(10-8-18)21(28)26-11-5-6-12-26/h7-10,15H,2-6,11-14,16H2,1H3,(H,23,24,25). The van der Waals surface area contributed by atoms with Gasteiger partial charge in [-0.1, -0.05) is 12.1 Å². The van der Waals surface area contributed by atoms with Gasteiger partial charge in [0.05, 0.1) is 0 Å². The van der Waals surface area contributed by atoms with Gasteiger partial charge in [0.15, 0.2) is 0 Å². The number of aryl methyl sites for hydroxylation is 1. The van der Waals surface area contributed by atoms with E-state index < -0.39 is 0 Å². The van der Waals surface area contributed by atoms with Crippen LogP contribution in [0, 0.1) is 6.92 Å². The van der Waals surface area contributed by atoms with Crippen LogP contribution in [0.5, 0.6) is 0 Å². The first-order valence-corrected chi connectivity index (χ1v) is 10.4. The number of likely N-dealkylation sites (tertiary alicyclic amines) is 1. The van der Waals surface area contributed by atoms with E-state index in [1.165, 1.54) is 19.3 Å². The molecule has 2 aliphatic rings. The van der Waals surface area contributed by atoms with Crippen LogP contribution >= 0.6 is 0 Å². The van der Waals surface area contributed by atoms with Crippen LogP contribution in [-0.2, 0) is 6.54 Å². The van der Waals surface area contributed by atoms with Gasteiger partial charge in [0.1, 0.15) is 5.82 Å². The van der Waals surface area contributed by atoms with Crippen molar-refractivity contribution in [3.8, 4) is 0 Å². The number of hydrogen-bond acceptors (Lipinski definition) is 5. The van der Waals surface area contributed by atoms with E-state index in [-0.39, 0.29) is 5.91 Å². The summed E-state index contributed by atoms with van der Waals surface area (Å²) in [5, 5.41) is 3.41. The quantitative estimate of drug-likeness (QED) is 0.860. The van der Waals surface area contributed by atoms with E-state index in [0.29, 0.717) is 6.54 Å². The Morgan fingerprint density at radius 2 is 1.64 bits per heavy atom. The number of piperidine rings is 1. The van der Waals surface area contributed by atoms with Crippen molar-refractivity contribution in [3.05, 3.63) is 47.2 Å². The van der Waals surface area contributed by atoms with Gasteiger partial charge in [-0.05, 0) is 56.7 Å². The second-order valence-corrected chi connectivity index (χ2v) is 7.79. The maximum atomic E-state index is 12.5. The summed E-state index contributed by atoms with van der Waals surface area (Å²) in [6, 6.07) is 9.90. The lowest BCUT2D eigenvalue weighted by molar-refractivity contribution is 0.0793. The van der Waals surface area contributed by atoms with E-state index in [1.54, 1.807) is 0 Å². The number of amides is 1. The normalized spacial score (nSPS) is 17.0. The zero-order chi connectivity index (χ0) is 19.3. The Hall–Kier alpha value is -2.63. The first-order chi connectivity index (χ1) is 13.7. The van der Waals surface area contributed by atoms with Crippen molar-refractivity contribution in [1.82, 2.24) is 14.9 Å². The Balaban J connectivity index is 1.38. The number of nitrogens with one attached hydrogen (secondary N) is 1. The van der Waals surface area contributed by atoms with Crippen LogP contribution in [0.2, 0.25) is 0 Å². The van der Waals surface area contributed by atoms with Crippen LogP contribution in [0.15, 0.2) is 30.3 Å². The number of benzene rings is 1. The van der Waals surface area contributed by atoms with E-state index in [0.717, 1.165) is 67.6 Å². The highest BCUT2D eigenvalue weighted by Gasteiger charge is 2.19. The zero-order valence-electron chi connectivity index (χ0n) is 16.7. The molecule has 6 nitrogen and oxygen atoms in total. The maximum Gasteiger partial charge on any atom is 0.253 e. The third-order valence-corrected chi connectivity index (χ3v) is 5.55. The molecule has 28 heavy (non-hydrogen) atoms. The molecule has 2 aromatic rings. The Morgan fingerprint density at radius 1 is 0.964 bits per heavy atom. The molecule has 2 aliphatic heterocycles. The third kappa shape index (κ3) is 4.43. The van der Waals surface area contributed by atoms with Gasteiger partial charge in [-0.3, -0.25) is 4.79 Å². The molecule has 4 rings (SSSR count). The molecule has 1 aromatic heterocycles. The van der Waals surface area contributed by atoms with Gasteiger partial charge in [0, 0.05) is 50.0 Å². The second-order valence-electron chi connectivity index (χ2n) is 7.79. The molecule has 1 amide bonds. The van der Waals surface area contributed by atoms with Crippen molar-refractivity contribution in [2.24, 2.45) is 0 Å². The molecule has 2 fully saturated rings. The number of anilines is 2. The zero-order valence-corrected chi connectivity index (χ0v) is 16.7. The summed E-state index contributed by atoms with van der Waals surface area (Å²) < 4.78 is 0. The van der Waals surface area contributed by atoms with Crippen LogP contribution in [0.1, 0.15) is 53.7 Å². The molecule has 1 aromatic carbocycles. The van der Waals surface area contributed by atoms with Crippen molar-refractivity contribution in [3.63, 3.8) is 0 Å². The van der Waals surface area contributed by atoms with Crippen molar-refractivity contribution < 1.29 is 4.79 Å². The Bertz CT molecular complexity index is 808. The summed E-state index contributed by atoms with van der Waals surface area (Å²) in [6.45, 7) is 6.53. The van der Waals surface area contributed by atoms with Crippen molar-refractivity contribution >= 4 is 17.7 Å². The topological polar surface area (TPSA) is 61.4 Å². The number of nitrogens with zero attached hydrogens (tertiary/aromatic N) is 4. The van der Waals surface area contributed by atoms with Crippen LogP contribution in [0.3, 0.4) is 0 Å². The average molecular weight is 380 g/mol. The maximum absolute atomic E-state index is 12.5. The number of rotatable bonds is 5. The van der Waals surface area contributed by atoms with E-state index in [9.17, 15) is 4.79 Å². The summed E-state index contributed by atoms with van der Waals surface area (Å²) in [5.41, 5.74) is 2.88. The van der Waals surface area contributed by atoms with Gasteiger partial charge in [0.25, 0.3) is 5.91 Å². The predicted molar refractivity (Wildman–Crippen MR) is 112 cm³/mol. The first-order valence-electron chi connectivity index (χ1n) is 10.4. The first kappa shape index (κ1) is 18.7. The summed E-state index contributed by atoms with van der Waals surface area (Å²) in [6.07, 6.45) is 5.95. The highest BCUT2D eigenvalue weighted by Crippen LogP contribution is 2.19. The molecule has 148 valence electrons. The highest BCUT2D eigenvalue weighted by atomic mass is 16.2. The molecule has 0 aliphatic carbocycles. The van der Waals surface area contributed by atoms with E-state index in [2.05, 4.69) is 15.2 Å². The molecule has 0 unspecified atom stereocenters. The molecular weight excluding hydrogens is 350 g/mol. The van der Waals surface area contributed by atoms with Gasteiger partial charge in [0.2, 0.25) is 5.95 Å². The van der Waals surface area contributed by atoms with Crippen molar-refractivity contribution in [1.29, 1.82) is 0 Å². The fourth-order valence-corrected chi connectivity index (χ4v) is 3.94. The van der Waals surface area contributed by atoms with Crippen LogP contribution in [0.4, 0.5) is 11.8 Å². The molecule has 0 radical (unpaired) electrons. The van der Waals surface area contributed by atoms with Gasteiger partial charge in [-0.2, -0.15) is 4.98 Å². The summed E-state index contributed by atoms with van der Waals surface area (Å²) in [5.74, 6) is 1.83. The lowest BCUT2D eigenvalue weighted by atomic mass is 10.1. The minimum absolute atomic E-state index is 0.148. The molecule has 1 N–H and O–H groups in total. The summed E-state index contributed by atoms with van der Waals surface area (Å²) >= 11 is 0. The molecule has 0 atom stereocenters. The SMILES string of the molecule is Cc1cc(NCc2ccc(C(=O)N3CCCC3)cc2)nc(N2CCCCC2)n1.